The summed E-state index contributed by atoms with van der Waals surface area (Å²) in [5, 5.41) is 12.8. The fraction of sp³-hybridized carbons (Fsp3) is 0.105. The monoisotopic (exact) mass is 333 g/mol. The Bertz CT molecular complexity index is 981. The van der Waals surface area contributed by atoms with E-state index in [9.17, 15) is 14.9 Å². The van der Waals surface area contributed by atoms with Gasteiger partial charge in [0.2, 0.25) is 5.91 Å². The number of ether oxygens (including phenoxy) is 1. The number of nitriles is 1. The van der Waals surface area contributed by atoms with Crippen LogP contribution in [0.3, 0.4) is 0 Å². The minimum Gasteiger partial charge on any atom is -0.465 e. The lowest BCUT2D eigenvalue weighted by molar-refractivity contribution is -0.116. The van der Waals surface area contributed by atoms with Crippen molar-refractivity contribution in [1.82, 2.24) is 4.57 Å². The van der Waals surface area contributed by atoms with Gasteiger partial charge in [-0.2, -0.15) is 5.26 Å². The molecule has 0 atom stereocenters. The number of hydrogen-bond donors (Lipinski definition) is 1. The Labute approximate surface area is 144 Å². The van der Waals surface area contributed by atoms with Gasteiger partial charge in [0, 0.05) is 22.8 Å². The number of esters is 1. The number of rotatable bonds is 4. The standard InChI is InChI=1S/C19H15N3O3/c1-25-19(24)13-6-8-15(9-7-13)21-18(23)12-22-11-14(10-20)16-4-2-3-5-17(16)22/h2-9,11H,12H2,1H3,(H,21,23). The zero-order chi connectivity index (χ0) is 17.8. The number of fused-ring (bicyclic) bond motifs is 1. The highest BCUT2D eigenvalue weighted by Crippen LogP contribution is 2.20. The van der Waals surface area contributed by atoms with Gasteiger partial charge in [-0.25, -0.2) is 4.79 Å². The zero-order valence-corrected chi connectivity index (χ0v) is 13.5. The highest BCUT2D eigenvalue weighted by Gasteiger charge is 2.11. The number of benzene rings is 2. The summed E-state index contributed by atoms with van der Waals surface area (Å²) in [6, 6.07) is 16.0. The lowest BCUT2D eigenvalue weighted by Gasteiger charge is -2.08. The van der Waals surface area contributed by atoms with Gasteiger partial charge in [-0.15, -0.1) is 0 Å². The molecule has 1 N–H and O–H groups in total. The van der Waals surface area contributed by atoms with Gasteiger partial charge in [0.15, 0.2) is 0 Å². The molecular formula is C19H15N3O3. The van der Waals surface area contributed by atoms with E-state index in [-0.39, 0.29) is 12.5 Å². The van der Waals surface area contributed by atoms with Gasteiger partial charge in [-0.3, -0.25) is 4.79 Å². The SMILES string of the molecule is COC(=O)c1ccc(NC(=O)Cn2cc(C#N)c3ccccc32)cc1. The van der Waals surface area contributed by atoms with Crippen LogP contribution in [-0.4, -0.2) is 23.6 Å². The van der Waals surface area contributed by atoms with Crippen molar-refractivity contribution in [3.8, 4) is 6.07 Å². The first-order valence-electron chi connectivity index (χ1n) is 7.58. The topological polar surface area (TPSA) is 84.1 Å². The second-order valence-corrected chi connectivity index (χ2v) is 5.42. The summed E-state index contributed by atoms with van der Waals surface area (Å²) in [4.78, 5) is 23.7. The van der Waals surface area contributed by atoms with Crippen molar-refractivity contribution in [1.29, 1.82) is 5.26 Å². The molecular weight excluding hydrogens is 318 g/mol. The quantitative estimate of drug-likeness (QED) is 0.744. The number of carbonyl (C=O) groups is 2. The summed E-state index contributed by atoms with van der Waals surface area (Å²) < 4.78 is 6.38. The van der Waals surface area contributed by atoms with Crippen molar-refractivity contribution in [3.05, 3.63) is 65.9 Å². The van der Waals surface area contributed by atoms with Crippen LogP contribution >= 0.6 is 0 Å². The lowest BCUT2D eigenvalue weighted by Crippen LogP contribution is -2.18. The predicted molar refractivity (Wildman–Crippen MR) is 93.1 cm³/mol. The molecule has 25 heavy (non-hydrogen) atoms. The highest BCUT2D eigenvalue weighted by molar-refractivity contribution is 5.94. The van der Waals surface area contributed by atoms with Crippen LogP contribution in [0.25, 0.3) is 10.9 Å². The maximum absolute atomic E-state index is 12.3. The van der Waals surface area contributed by atoms with E-state index in [4.69, 9.17) is 0 Å². The maximum Gasteiger partial charge on any atom is 0.337 e. The second-order valence-electron chi connectivity index (χ2n) is 5.42. The molecule has 2 aromatic carbocycles. The summed E-state index contributed by atoms with van der Waals surface area (Å²) in [6.07, 6.45) is 1.67. The molecule has 3 aromatic rings. The van der Waals surface area contributed by atoms with Crippen molar-refractivity contribution in [2.75, 3.05) is 12.4 Å². The van der Waals surface area contributed by atoms with Crippen LogP contribution in [0.5, 0.6) is 0 Å². The minimum absolute atomic E-state index is 0.0843. The Morgan fingerprint density at radius 1 is 1.16 bits per heavy atom. The van der Waals surface area contributed by atoms with E-state index in [0.29, 0.717) is 16.8 Å². The maximum atomic E-state index is 12.3. The van der Waals surface area contributed by atoms with Gasteiger partial charge in [-0.1, -0.05) is 18.2 Å². The Kier molecular flexibility index (Phi) is 4.48. The van der Waals surface area contributed by atoms with Gasteiger partial charge in [-0.05, 0) is 30.3 Å². The molecule has 0 aliphatic heterocycles. The normalized spacial score (nSPS) is 10.2. The molecule has 0 saturated heterocycles. The summed E-state index contributed by atoms with van der Waals surface area (Å²) in [5.74, 6) is -0.656. The summed E-state index contributed by atoms with van der Waals surface area (Å²) in [7, 11) is 1.31. The Morgan fingerprint density at radius 3 is 2.56 bits per heavy atom. The number of nitrogens with zero attached hydrogens (tertiary/aromatic N) is 2. The molecule has 0 unspecified atom stereocenters. The zero-order valence-electron chi connectivity index (χ0n) is 13.5. The minimum atomic E-state index is -0.430. The molecule has 0 fully saturated rings. The van der Waals surface area contributed by atoms with Gasteiger partial charge >= 0.3 is 5.97 Å². The van der Waals surface area contributed by atoms with E-state index in [2.05, 4.69) is 16.1 Å². The number of methoxy groups -OCH3 is 1. The molecule has 1 heterocycles. The molecule has 3 rings (SSSR count). The summed E-state index contributed by atoms with van der Waals surface area (Å²) >= 11 is 0. The molecule has 0 spiro atoms. The van der Waals surface area contributed by atoms with Crippen molar-refractivity contribution in [2.24, 2.45) is 0 Å². The molecule has 1 amide bonds. The first-order valence-corrected chi connectivity index (χ1v) is 7.58. The van der Waals surface area contributed by atoms with Gasteiger partial charge < -0.3 is 14.6 Å². The molecule has 6 heteroatoms. The first-order chi connectivity index (χ1) is 12.1. The van der Waals surface area contributed by atoms with Crippen molar-refractivity contribution in [3.63, 3.8) is 0 Å². The Hall–Kier alpha value is -3.59. The largest absolute Gasteiger partial charge is 0.465 e. The molecule has 0 aliphatic rings. The number of anilines is 1. The average molecular weight is 333 g/mol. The number of para-hydroxylation sites is 1. The van der Waals surface area contributed by atoms with Crippen molar-refractivity contribution in [2.45, 2.75) is 6.54 Å². The van der Waals surface area contributed by atoms with Crippen LogP contribution < -0.4 is 5.32 Å². The number of nitrogens with one attached hydrogen (secondary N) is 1. The molecule has 6 nitrogen and oxygen atoms in total. The fourth-order valence-electron chi connectivity index (χ4n) is 2.63. The Morgan fingerprint density at radius 2 is 1.88 bits per heavy atom. The van der Waals surface area contributed by atoms with Gasteiger partial charge in [0.1, 0.15) is 12.6 Å². The smallest absolute Gasteiger partial charge is 0.337 e. The van der Waals surface area contributed by atoms with E-state index in [1.807, 2.05) is 24.3 Å². The van der Waals surface area contributed by atoms with Crippen molar-refractivity contribution < 1.29 is 14.3 Å². The third-order valence-corrected chi connectivity index (χ3v) is 3.81. The van der Waals surface area contributed by atoms with Gasteiger partial charge in [0.25, 0.3) is 0 Å². The lowest BCUT2D eigenvalue weighted by atomic mass is 10.2. The third kappa shape index (κ3) is 3.35. The molecule has 0 saturated carbocycles. The first kappa shape index (κ1) is 16.3. The van der Waals surface area contributed by atoms with Crippen molar-refractivity contribution >= 4 is 28.5 Å². The van der Waals surface area contributed by atoms with Crippen LogP contribution in [0.2, 0.25) is 0 Å². The van der Waals surface area contributed by atoms with E-state index >= 15 is 0 Å². The van der Waals surface area contributed by atoms with Crippen LogP contribution in [0.1, 0.15) is 15.9 Å². The van der Waals surface area contributed by atoms with E-state index < -0.39 is 5.97 Å². The van der Waals surface area contributed by atoms with Crippen LogP contribution in [-0.2, 0) is 16.1 Å². The molecule has 0 bridgehead atoms. The number of carbonyl (C=O) groups excluding carboxylic acids is 2. The highest BCUT2D eigenvalue weighted by atomic mass is 16.5. The molecule has 0 radical (unpaired) electrons. The van der Waals surface area contributed by atoms with Gasteiger partial charge in [0.05, 0.1) is 18.2 Å². The Balaban J connectivity index is 1.75. The summed E-state index contributed by atoms with van der Waals surface area (Å²) in [5.41, 5.74) is 2.35. The molecule has 1 aromatic heterocycles. The van der Waals surface area contributed by atoms with Crippen LogP contribution in [0.4, 0.5) is 5.69 Å². The van der Waals surface area contributed by atoms with E-state index in [0.717, 1.165) is 10.9 Å². The number of hydrogen-bond acceptors (Lipinski definition) is 4. The van der Waals surface area contributed by atoms with E-state index in [1.54, 1.807) is 35.0 Å². The number of aromatic nitrogens is 1. The van der Waals surface area contributed by atoms with Crippen LogP contribution in [0, 0.1) is 11.3 Å². The molecule has 124 valence electrons. The molecule has 0 aliphatic carbocycles. The average Bonchev–Trinajstić information content (AvgIpc) is 2.99. The second kappa shape index (κ2) is 6.89. The number of amides is 1. The predicted octanol–water partition coefficient (Wildman–Crippen LogP) is 2.94. The fourth-order valence-corrected chi connectivity index (χ4v) is 2.63. The van der Waals surface area contributed by atoms with Crippen LogP contribution in [0.15, 0.2) is 54.7 Å². The summed E-state index contributed by atoms with van der Waals surface area (Å²) in [6.45, 7) is 0.0843. The third-order valence-electron chi connectivity index (χ3n) is 3.81. The van der Waals surface area contributed by atoms with E-state index in [1.165, 1.54) is 7.11 Å².